The molecule has 0 amide bonds. The van der Waals surface area contributed by atoms with E-state index in [0.717, 1.165) is 0 Å². The van der Waals surface area contributed by atoms with E-state index in [1.165, 1.54) is 6.07 Å². The summed E-state index contributed by atoms with van der Waals surface area (Å²) in [6.07, 6.45) is 0. The zero-order chi connectivity index (χ0) is 5.98. The molecule has 0 N–H and O–H groups in total. The first-order chi connectivity index (χ1) is 3.80. The van der Waals surface area contributed by atoms with Crippen LogP contribution < -0.4 is 0 Å². The molecule has 1 radical (unpaired) electrons. The molecule has 0 aromatic heterocycles. The van der Waals surface area contributed by atoms with Crippen molar-refractivity contribution in [2.75, 3.05) is 0 Å². The van der Waals surface area contributed by atoms with Crippen LogP contribution in [0.4, 0.5) is 4.39 Å². The number of benzene rings is 1. The van der Waals surface area contributed by atoms with E-state index in [1.54, 1.807) is 18.2 Å². The Morgan fingerprint density at radius 2 is 1.78 bits per heavy atom. The van der Waals surface area contributed by atoms with Gasteiger partial charge >= 0.3 is 0 Å². The van der Waals surface area contributed by atoms with Crippen LogP contribution in [0.5, 0.6) is 0 Å². The van der Waals surface area contributed by atoms with E-state index in [2.05, 4.69) is 12.6 Å². The molecule has 0 bridgehead atoms. The first kappa shape index (κ1) is 9.50. The molecule has 0 spiro atoms. The molecular weight excluding hydrogens is 146 g/mol. The Labute approximate surface area is 81.2 Å². The first-order valence-electron chi connectivity index (χ1n) is 2.24. The van der Waals surface area contributed by atoms with E-state index in [-0.39, 0.29) is 35.4 Å². The van der Waals surface area contributed by atoms with Crippen LogP contribution in [0.1, 0.15) is 0 Å². The fraction of sp³-hybridized carbons (Fsp3) is 0. The van der Waals surface area contributed by atoms with Crippen LogP contribution in [0.3, 0.4) is 0 Å². The van der Waals surface area contributed by atoms with Crippen LogP contribution in [0, 0.1) is 5.82 Å². The van der Waals surface area contributed by atoms with Gasteiger partial charge in [0, 0.05) is 34.5 Å². The van der Waals surface area contributed by atoms with Crippen molar-refractivity contribution in [2.24, 2.45) is 0 Å². The number of hydrogen-bond acceptors (Lipinski definition) is 1. The van der Waals surface area contributed by atoms with Crippen molar-refractivity contribution in [3.05, 3.63) is 30.1 Å². The van der Waals surface area contributed by atoms with Gasteiger partial charge in [-0.1, -0.05) is 12.1 Å². The van der Waals surface area contributed by atoms with Crippen molar-refractivity contribution in [1.82, 2.24) is 0 Å². The Hall–Kier alpha value is 0.500. The quantitative estimate of drug-likeness (QED) is 0.423. The van der Waals surface area contributed by atoms with Gasteiger partial charge in [-0.05, 0) is 12.1 Å². The van der Waals surface area contributed by atoms with Gasteiger partial charge in [0.25, 0.3) is 0 Å². The fourth-order valence-corrected chi connectivity index (χ4v) is 0.612. The van der Waals surface area contributed by atoms with Crippen molar-refractivity contribution in [2.45, 2.75) is 4.90 Å². The fourth-order valence-electron chi connectivity index (χ4n) is 0.452. The monoisotopic (exact) mass is 151 g/mol. The number of thiol groups is 1. The maximum absolute atomic E-state index is 12.2. The molecule has 0 nitrogen and oxygen atoms in total. The van der Waals surface area contributed by atoms with Gasteiger partial charge in [0.05, 0.1) is 0 Å². The molecule has 0 aliphatic heterocycles. The largest absolute Gasteiger partial charge is 0.206 e. The summed E-state index contributed by atoms with van der Waals surface area (Å²) in [5.74, 6) is -0.268. The van der Waals surface area contributed by atoms with Crippen molar-refractivity contribution in [1.29, 1.82) is 0 Å². The molecule has 1 rings (SSSR count). The summed E-state index contributed by atoms with van der Waals surface area (Å²) in [6, 6.07) is 6.36. The summed E-state index contributed by atoms with van der Waals surface area (Å²) in [6.45, 7) is 0. The third-order valence-corrected chi connectivity index (χ3v) is 1.22. The summed E-state index contributed by atoms with van der Waals surface area (Å²) >= 11 is 3.82. The van der Waals surface area contributed by atoms with Gasteiger partial charge in [-0.25, -0.2) is 4.39 Å². The minimum atomic E-state index is -0.268. The molecule has 3 heteroatoms. The van der Waals surface area contributed by atoms with Crippen LogP contribution >= 0.6 is 12.6 Å². The summed E-state index contributed by atoms with van der Waals surface area (Å²) < 4.78 is 12.2. The van der Waals surface area contributed by atoms with Gasteiger partial charge in [0.15, 0.2) is 0 Å². The molecule has 0 fully saturated rings. The van der Waals surface area contributed by atoms with Gasteiger partial charge in [0.1, 0.15) is 5.82 Å². The van der Waals surface area contributed by atoms with Gasteiger partial charge in [-0.3, -0.25) is 0 Å². The normalized spacial score (nSPS) is 8.22. The molecule has 0 aliphatic rings. The van der Waals surface area contributed by atoms with Gasteiger partial charge in [-0.15, -0.1) is 12.6 Å². The van der Waals surface area contributed by atoms with Crippen LogP contribution in [-0.4, -0.2) is 29.6 Å². The topological polar surface area (TPSA) is 0 Å². The van der Waals surface area contributed by atoms with E-state index >= 15 is 0 Å². The molecule has 0 atom stereocenters. The Morgan fingerprint density at radius 1 is 1.22 bits per heavy atom. The zero-order valence-electron chi connectivity index (χ0n) is 5.13. The van der Waals surface area contributed by atoms with Gasteiger partial charge < -0.3 is 0 Å². The summed E-state index contributed by atoms with van der Waals surface area (Å²) in [5, 5.41) is 0. The Kier molecular flexibility index (Phi) is 4.58. The summed E-state index contributed by atoms with van der Waals surface area (Å²) in [4.78, 5) is 0.396. The van der Waals surface area contributed by atoms with E-state index in [1.807, 2.05) is 0 Å². The molecule has 43 valence electrons. The summed E-state index contributed by atoms with van der Waals surface area (Å²) in [5.41, 5.74) is 0. The number of halogens is 1. The Bertz CT molecular complexity index is 169. The van der Waals surface area contributed by atoms with Crippen molar-refractivity contribution in [3.63, 3.8) is 0 Å². The van der Waals surface area contributed by atoms with Crippen LogP contribution in [0.2, 0.25) is 0 Å². The third-order valence-electron chi connectivity index (χ3n) is 0.852. The molecule has 0 aliphatic carbocycles. The SMILES string of the molecule is Fc1ccccc1S.[Na]. The van der Waals surface area contributed by atoms with Crippen LogP contribution in [-0.2, 0) is 0 Å². The molecular formula is C6H5FNaS. The smallest absolute Gasteiger partial charge is 0.136 e. The Balaban J connectivity index is 0.000000640. The standard InChI is InChI=1S/C6H5FS.Na/c7-5-3-1-2-4-6(5)8;/h1-4,8H;. The second-order valence-electron chi connectivity index (χ2n) is 1.45. The summed E-state index contributed by atoms with van der Waals surface area (Å²) in [7, 11) is 0. The Morgan fingerprint density at radius 3 is 2.11 bits per heavy atom. The minimum Gasteiger partial charge on any atom is -0.206 e. The second kappa shape index (κ2) is 4.34. The van der Waals surface area contributed by atoms with E-state index < -0.39 is 0 Å². The third kappa shape index (κ3) is 2.72. The van der Waals surface area contributed by atoms with Crippen LogP contribution in [0.25, 0.3) is 0 Å². The molecule has 0 heterocycles. The average molecular weight is 151 g/mol. The molecule has 0 saturated carbocycles. The first-order valence-corrected chi connectivity index (χ1v) is 2.69. The van der Waals surface area contributed by atoms with Crippen molar-refractivity contribution < 1.29 is 4.39 Å². The van der Waals surface area contributed by atoms with E-state index in [9.17, 15) is 4.39 Å². The van der Waals surface area contributed by atoms with Gasteiger partial charge in [0.2, 0.25) is 0 Å². The number of hydrogen-bond donors (Lipinski definition) is 1. The van der Waals surface area contributed by atoms with Crippen molar-refractivity contribution >= 4 is 42.2 Å². The van der Waals surface area contributed by atoms with Crippen molar-refractivity contribution in [3.8, 4) is 0 Å². The predicted octanol–water partition coefficient (Wildman–Crippen LogP) is 1.73. The molecule has 0 unspecified atom stereocenters. The molecule has 1 aromatic rings. The average Bonchev–Trinajstić information content (AvgIpc) is 1.77. The molecule has 0 saturated heterocycles. The van der Waals surface area contributed by atoms with E-state index in [4.69, 9.17) is 0 Å². The zero-order valence-corrected chi connectivity index (χ0v) is 8.03. The number of rotatable bonds is 0. The maximum Gasteiger partial charge on any atom is 0.136 e. The van der Waals surface area contributed by atoms with Crippen LogP contribution in [0.15, 0.2) is 29.2 Å². The molecule has 1 aromatic carbocycles. The van der Waals surface area contributed by atoms with E-state index in [0.29, 0.717) is 4.90 Å². The minimum absolute atomic E-state index is 0. The van der Waals surface area contributed by atoms with Gasteiger partial charge in [-0.2, -0.15) is 0 Å². The second-order valence-corrected chi connectivity index (χ2v) is 1.93. The predicted molar refractivity (Wildman–Crippen MR) is 39.4 cm³/mol. The molecule has 9 heavy (non-hydrogen) atoms. The maximum atomic E-state index is 12.2.